The van der Waals surface area contributed by atoms with E-state index in [2.05, 4.69) is 20.4 Å². The lowest BCUT2D eigenvalue weighted by Gasteiger charge is -2.27. The standard InChI is InChI=1S/C23H23N5O4S/c1-14-2-7-18-20(12-14)26-22(25-18)15-3-5-16(6-4-15)24-23(30)19-8-9-21(29)28(27-19)17-10-11-33(31,32)13-17/h2-7,12,17H,8-11,13H2,1H3,(H,24,30)(H,25,26). The van der Waals surface area contributed by atoms with E-state index in [9.17, 15) is 18.0 Å². The van der Waals surface area contributed by atoms with Gasteiger partial charge in [0.25, 0.3) is 5.91 Å². The van der Waals surface area contributed by atoms with Gasteiger partial charge in [-0.25, -0.2) is 18.4 Å². The number of rotatable bonds is 4. The number of hydrazone groups is 1. The molecule has 170 valence electrons. The summed E-state index contributed by atoms with van der Waals surface area (Å²) in [6, 6.07) is 12.8. The molecular weight excluding hydrogens is 442 g/mol. The van der Waals surface area contributed by atoms with E-state index in [0.29, 0.717) is 12.1 Å². The van der Waals surface area contributed by atoms with Gasteiger partial charge in [-0.1, -0.05) is 6.07 Å². The number of hydrogen-bond acceptors (Lipinski definition) is 6. The number of aromatic nitrogens is 2. The van der Waals surface area contributed by atoms with E-state index in [-0.39, 0.29) is 36.0 Å². The molecular formula is C23H23N5O4S. The van der Waals surface area contributed by atoms with Crippen molar-refractivity contribution in [2.75, 3.05) is 16.8 Å². The number of nitrogens with zero attached hydrogens (tertiary/aromatic N) is 3. The van der Waals surface area contributed by atoms with Crippen LogP contribution in [-0.2, 0) is 19.4 Å². The molecule has 2 aromatic carbocycles. The number of aryl methyl sites for hydroxylation is 1. The first-order valence-electron chi connectivity index (χ1n) is 10.8. The van der Waals surface area contributed by atoms with Crippen molar-refractivity contribution in [3.63, 3.8) is 0 Å². The number of sulfone groups is 1. The van der Waals surface area contributed by atoms with E-state index in [4.69, 9.17) is 0 Å². The van der Waals surface area contributed by atoms with Crippen LogP contribution in [0.4, 0.5) is 5.69 Å². The molecule has 0 radical (unpaired) electrons. The summed E-state index contributed by atoms with van der Waals surface area (Å²) in [7, 11) is -3.16. The summed E-state index contributed by atoms with van der Waals surface area (Å²) in [6.45, 7) is 2.03. The van der Waals surface area contributed by atoms with Crippen molar-refractivity contribution in [3.8, 4) is 11.4 Å². The molecule has 0 saturated carbocycles. The number of carbonyl (C=O) groups excluding carboxylic acids is 2. The smallest absolute Gasteiger partial charge is 0.271 e. The molecule has 0 aliphatic carbocycles. The summed E-state index contributed by atoms with van der Waals surface area (Å²) < 4.78 is 23.5. The quantitative estimate of drug-likeness (QED) is 0.613. The average Bonchev–Trinajstić information content (AvgIpc) is 3.37. The van der Waals surface area contributed by atoms with Gasteiger partial charge in [-0.2, -0.15) is 5.10 Å². The molecule has 1 unspecified atom stereocenters. The number of aromatic amines is 1. The monoisotopic (exact) mass is 465 g/mol. The zero-order chi connectivity index (χ0) is 23.2. The Kier molecular flexibility index (Phi) is 5.24. The summed E-state index contributed by atoms with van der Waals surface area (Å²) >= 11 is 0. The highest BCUT2D eigenvalue weighted by molar-refractivity contribution is 7.91. The Morgan fingerprint density at radius 1 is 1.15 bits per heavy atom. The molecule has 5 rings (SSSR count). The van der Waals surface area contributed by atoms with Crippen molar-refractivity contribution >= 4 is 44.1 Å². The largest absolute Gasteiger partial charge is 0.338 e. The highest BCUT2D eigenvalue weighted by Crippen LogP contribution is 2.24. The zero-order valence-corrected chi connectivity index (χ0v) is 18.9. The average molecular weight is 466 g/mol. The van der Waals surface area contributed by atoms with Crippen LogP contribution in [0.2, 0.25) is 0 Å². The van der Waals surface area contributed by atoms with Gasteiger partial charge in [0.05, 0.1) is 28.6 Å². The van der Waals surface area contributed by atoms with Crippen LogP contribution in [0, 0.1) is 6.92 Å². The van der Waals surface area contributed by atoms with Crippen LogP contribution in [0.1, 0.15) is 24.8 Å². The van der Waals surface area contributed by atoms with Gasteiger partial charge in [0.15, 0.2) is 9.84 Å². The Morgan fingerprint density at radius 2 is 1.94 bits per heavy atom. The van der Waals surface area contributed by atoms with E-state index < -0.39 is 21.8 Å². The van der Waals surface area contributed by atoms with Crippen LogP contribution in [0.25, 0.3) is 22.4 Å². The van der Waals surface area contributed by atoms with Crippen LogP contribution in [-0.4, -0.2) is 58.5 Å². The number of H-pyrrole nitrogens is 1. The fraction of sp³-hybridized carbons (Fsp3) is 0.304. The fourth-order valence-electron chi connectivity index (χ4n) is 4.16. The van der Waals surface area contributed by atoms with E-state index in [0.717, 1.165) is 28.0 Å². The second kappa shape index (κ2) is 8.11. The predicted molar refractivity (Wildman–Crippen MR) is 125 cm³/mol. The molecule has 1 atom stereocenters. The van der Waals surface area contributed by atoms with Gasteiger partial charge in [0.2, 0.25) is 5.91 Å². The number of hydrogen-bond donors (Lipinski definition) is 2. The molecule has 10 heteroatoms. The van der Waals surface area contributed by atoms with Gasteiger partial charge in [0, 0.05) is 24.1 Å². The first-order chi connectivity index (χ1) is 15.8. The molecule has 3 heterocycles. The molecule has 0 spiro atoms. The summed E-state index contributed by atoms with van der Waals surface area (Å²) in [5, 5.41) is 8.21. The van der Waals surface area contributed by atoms with E-state index >= 15 is 0 Å². The van der Waals surface area contributed by atoms with Crippen LogP contribution in [0.15, 0.2) is 47.6 Å². The van der Waals surface area contributed by atoms with E-state index in [1.54, 1.807) is 12.1 Å². The minimum Gasteiger partial charge on any atom is -0.338 e. The molecule has 2 aliphatic heterocycles. The summed E-state index contributed by atoms with van der Waals surface area (Å²) in [4.78, 5) is 32.9. The highest BCUT2D eigenvalue weighted by Gasteiger charge is 2.37. The molecule has 33 heavy (non-hydrogen) atoms. The SMILES string of the molecule is Cc1ccc2nc(-c3ccc(NC(=O)C4=NN(C5CCS(=O)(=O)C5)C(=O)CC4)cc3)[nH]c2c1. The predicted octanol–water partition coefficient (Wildman–Crippen LogP) is 2.64. The summed E-state index contributed by atoms with van der Waals surface area (Å²) in [5.41, 5.74) is 4.69. The molecule has 2 amide bonds. The molecule has 0 bridgehead atoms. The fourth-order valence-corrected chi connectivity index (χ4v) is 5.86. The second-order valence-electron chi connectivity index (χ2n) is 8.48. The lowest BCUT2D eigenvalue weighted by Crippen LogP contribution is -2.42. The third-order valence-corrected chi connectivity index (χ3v) is 7.68. The van der Waals surface area contributed by atoms with Crippen LogP contribution in [0.3, 0.4) is 0 Å². The van der Waals surface area contributed by atoms with Crippen LogP contribution < -0.4 is 5.32 Å². The third kappa shape index (κ3) is 4.38. The molecule has 1 fully saturated rings. The Hall–Kier alpha value is -3.53. The van der Waals surface area contributed by atoms with Crippen molar-refractivity contribution in [1.82, 2.24) is 15.0 Å². The van der Waals surface area contributed by atoms with Gasteiger partial charge < -0.3 is 10.3 Å². The Labute approximate surface area is 190 Å². The van der Waals surface area contributed by atoms with Crippen LogP contribution in [0.5, 0.6) is 0 Å². The molecule has 3 aromatic rings. The summed E-state index contributed by atoms with van der Waals surface area (Å²) in [6.07, 6.45) is 0.694. The minimum absolute atomic E-state index is 0.0374. The maximum atomic E-state index is 12.7. The second-order valence-corrected chi connectivity index (χ2v) is 10.7. The number of anilines is 1. The zero-order valence-electron chi connectivity index (χ0n) is 18.0. The normalized spacial score (nSPS) is 20.2. The first kappa shape index (κ1) is 21.3. The molecule has 1 aromatic heterocycles. The topological polar surface area (TPSA) is 125 Å². The van der Waals surface area contributed by atoms with Crippen molar-refractivity contribution in [2.45, 2.75) is 32.2 Å². The molecule has 2 aliphatic rings. The number of amides is 2. The maximum Gasteiger partial charge on any atom is 0.271 e. The Balaban J connectivity index is 1.30. The summed E-state index contributed by atoms with van der Waals surface area (Å²) in [5.74, 6) is 0.0143. The maximum absolute atomic E-state index is 12.7. The Morgan fingerprint density at radius 3 is 2.67 bits per heavy atom. The van der Waals surface area contributed by atoms with Crippen LogP contribution >= 0.6 is 0 Å². The minimum atomic E-state index is -3.16. The number of carbonyl (C=O) groups is 2. The number of fused-ring (bicyclic) bond motifs is 1. The molecule has 2 N–H and O–H groups in total. The molecule has 1 saturated heterocycles. The third-order valence-electron chi connectivity index (χ3n) is 5.93. The number of imidazole rings is 1. The number of benzene rings is 2. The van der Waals surface area contributed by atoms with Crippen molar-refractivity contribution in [2.24, 2.45) is 5.10 Å². The lowest BCUT2D eigenvalue weighted by molar-refractivity contribution is -0.133. The van der Waals surface area contributed by atoms with Gasteiger partial charge in [0.1, 0.15) is 11.5 Å². The Bertz CT molecular complexity index is 1390. The van der Waals surface area contributed by atoms with Gasteiger partial charge in [-0.05, 0) is 55.3 Å². The lowest BCUT2D eigenvalue weighted by atomic mass is 10.1. The van der Waals surface area contributed by atoms with E-state index in [1.807, 2.05) is 37.3 Å². The van der Waals surface area contributed by atoms with Crippen molar-refractivity contribution in [3.05, 3.63) is 48.0 Å². The molecule has 9 nitrogen and oxygen atoms in total. The van der Waals surface area contributed by atoms with Crippen molar-refractivity contribution < 1.29 is 18.0 Å². The van der Waals surface area contributed by atoms with Gasteiger partial charge >= 0.3 is 0 Å². The van der Waals surface area contributed by atoms with Crippen molar-refractivity contribution in [1.29, 1.82) is 0 Å². The number of nitrogens with one attached hydrogen (secondary N) is 2. The van der Waals surface area contributed by atoms with E-state index in [1.165, 1.54) is 5.01 Å². The van der Waals surface area contributed by atoms with Gasteiger partial charge in [-0.15, -0.1) is 0 Å². The van der Waals surface area contributed by atoms with Gasteiger partial charge in [-0.3, -0.25) is 9.59 Å². The first-order valence-corrected chi connectivity index (χ1v) is 12.6. The highest BCUT2D eigenvalue weighted by atomic mass is 32.2.